The molecule has 0 amide bonds. The van der Waals surface area contributed by atoms with Crippen molar-refractivity contribution in [2.24, 2.45) is 0 Å². The summed E-state index contributed by atoms with van der Waals surface area (Å²) in [7, 11) is 0. The van der Waals surface area contributed by atoms with Crippen LogP contribution in [0.25, 0.3) is 0 Å². The van der Waals surface area contributed by atoms with Crippen LogP contribution in [0.5, 0.6) is 0 Å². The average Bonchev–Trinajstić information content (AvgIpc) is 2.77. The van der Waals surface area contributed by atoms with Crippen molar-refractivity contribution in [2.45, 2.75) is 31.7 Å². The van der Waals surface area contributed by atoms with Crippen molar-refractivity contribution in [3.05, 3.63) is 12.1 Å². The molecule has 0 saturated carbocycles. The predicted molar refractivity (Wildman–Crippen MR) is 68.5 cm³/mol. The van der Waals surface area contributed by atoms with Crippen LogP contribution in [0.4, 0.5) is 12.9 Å². The van der Waals surface area contributed by atoms with Gasteiger partial charge in [0.2, 0.25) is 0 Å². The van der Waals surface area contributed by atoms with Gasteiger partial charge in [-0.3, -0.25) is 4.90 Å². The summed E-state index contributed by atoms with van der Waals surface area (Å²) in [5, 5.41) is 0. The van der Waals surface area contributed by atoms with Gasteiger partial charge in [0.05, 0.1) is 0 Å². The smallest absolute Gasteiger partial charge is 0.445 e. The molecule has 6 heteroatoms. The molecular weight excluding hydrogens is 240 g/mol. The van der Waals surface area contributed by atoms with Gasteiger partial charge in [0.25, 0.3) is 0 Å². The lowest BCUT2D eigenvalue weighted by atomic mass is 9.80. The SMILES string of the molecule is C=C(CN1CCC(N2CCCCC2)C1)[B-](F)(F)F. The fourth-order valence-corrected chi connectivity index (χ4v) is 2.93. The highest BCUT2D eigenvalue weighted by Crippen LogP contribution is 2.24. The third-order valence-electron chi connectivity index (χ3n) is 4.04. The van der Waals surface area contributed by atoms with Crippen LogP contribution in [0.1, 0.15) is 25.7 Å². The molecule has 0 spiro atoms. The van der Waals surface area contributed by atoms with Crippen LogP contribution in [0.2, 0.25) is 0 Å². The van der Waals surface area contributed by atoms with Crippen LogP contribution >= 0.6 is 0 Å². The summed E-state index contributed by atoms with van der Waals surface area (Å²) >= 11 is 0. The highest BCUT2D eigenvalue weighted by Gasteiger charge is 2.32. The van der Waals surface area contributed by atoms with E-state index in [1.54, 1.807) is 0 Å². The molecule has 2 rings (SSSR count). The van der Waals surface area contributed by atoms with Crippen molar-refractivity contribution in [3.8, 4) is 0 Å². The summed E-state index contributed by atoms with van der Waals surface area (Å²) in [4.78, 5) is 4.35. The molecule has 0 aliphatic carbocycles. The summed E-state index contributed by atoms with van der Waals surface area (Å²) in [6, 6.07) is 0.457. The Bertz CT molecular complexity index is 300. The minimum absolute atomic E-state index is 0.00611. The van der Waals surface area contributed by atoms with E-state index in [0.29, 0.717) is 6.04 Å². The largest absolute Gasteiger partial charge is 0.506 e. The van der Waals surface area contributed by atoms with Crippen molar-refractivity contribution >= 4 is 6.98 Å². The second-order valence-electron chi connectivity index (χ2n) is 5.51. The third kappa shape index (κ3) is 3.51. The zero-order chi connectivity index (χ0) is 13.2. The second kappa shape index (κ2) is 5.65. The van der Waals surface area contributed by atoms with E-state index in [9.17, 15) is 12.9 Å². The molecule has 1 unspecified atom stereocenters. The molecule has 2 nitrogen and oxygen atoms in total. The molecule has 104 valence electrons. The van der Waals surface area contributed by atoms with Gasteiger partial charge in [0.15, 0.2) is 0 Å². The number of hydrogen-bond donors (Lipinski definition) is 0. The molecule has 0 aromatic carbocycles. The number of halogens is 3. The predicted octanol–water partition coefficient (Wildman–Crippen LogP) is 2.49. The van der Waals surface area contributed by atoms with Gasteiger partial charge in [-0.1, -0.05) is 6.42 Å². The lowest BCUT2D eigenvalue weighted by molar-refractivity contribution is 0.163. The van der Waals surface area contributed by atoms with Crippen molar-refractivity contribution < 1.29 is 12.9 Å². The molecule has 0 aromatic heterocycles. The first-order chi connectivity index (χ1) is 8.47. The topological polar surface area (TPSA) is 6.48 Å². The first-order valence-corrected chi connectivity index (χ1v) is 6.81. The minimum atomic E-state index is -4.87. The Labute approximate surface area is 107 Å². The fourth-order valence-electron chi connectivity index (χ4n) is 2.93. The van der Waals surface area contributed by atoms with Crippen LogP contribution in [0, 0.1) is 0 Å². The third-order valence-corrected chi connectivity index (χ3v) is 4.04. The van der Waals surface area contributed by atoms with Crippen LogP contribution < -0.4 is 0 Å². The molecule has 1 atom stereocenters. The number of likely N-dealkylation sites (tertiary alicyclic amines) is 2. The molecule has 2 saturated heterocycles. The van der Waals surface area contributed by atoms with Crippen molar-refractivity contribution in [1.82, 2.24) is 9.80 Å². The van der Waals surface area contributed by atoms with Gasteiger partial charge in [-0.05, 0) is 45.4 Å². The molecule has 2 heterocycles. The highest BCUT2D eigenvalue weighted by atomic mass is 19.4. The minimum Gasteiger partial charge on any atom is -0.445 e. The van der Waals surface area contributed by atoms with Gasteiger partial charge in [0.1, 0.15) is 0 Å². The zero-order valence-electron chi connectivity index (χ0n) is 10.8. The molecule has 0 bridgehead atoms. The van der Waals surface area contributed by atoms with Crippen LogP contribution in [-0.4, -0.2) is 55.5 Å². The quantitative estimate of drug-likeness (QED) is 0.717. The summed E-state index contributed by atoms with van der Waals surface area (Å²) in [5.74, 6) is 0. The molecule has 18 heavy (non-hydrogen) atoms. The molecule has 0 radical (unpaired) electrons. The number of hydrogen-bond acceptors (Lipinski definition) is 2. The normalized spacial score (nSPS) is 27.6. The number of nitrogens with zero attached hydrogens (tertiary/aromatic N) is 2. The second-order valence-corrected chi connectivity index (χ2v) is 5.51. The Balaban J connectivity index is 1.79. The Hall–Kier alpha value is -0.485. The van der Waals surface area contributed by atoms with E-state index in [0.717, 1.165) is 32.6 Å². The number of piperidine rings is 1. The van der Waals surface area contributed by atoms with Gasteiger partial charge in [-0.15, -0.1) is 12.1 Å². The van der Waals surface area contributed by atoms with Crippen LogP contribution in [0.3, 0.4) is 0 Å². The molecule has 2 aliphatic heterocycles. The summed E-state index contributed by atoms with van der Waals surface area (Å²) in [5.41, 5.74) is -0.561. The van der Waals surface area contributed by atoms with Crippen molar-refractivity contribution in [1.29, 1.82) is 0 Å². The fraction of sp³-hybridized carbons (Fsp3) is 0.833. The maximum atomic E-state index is 12.5. The molecule has 0 N–H and O–H groups in total. The van der Waals surface area contributed by atoms with E-state index >= 15 is 0 Å². The summed E-state index contributed by atoms with van der Waals surface area (Å²) in [6.07, 6.45) is 4.75. The van der Waals surface area contributed by atoms with Crippen molar-refractivity contribution in [2.75, 3.05) is 32.7 Å². The maximum absolute atomic E-state index is 12.5. The first-order valence-electron chi connectivity index (χ1n) is 6.81. The van der Waals surface area contributed by atoms with Gasteiger partial charge < -0.3 is 17.8 Å². The lowest BCUT2D eigenvalue weighted by Crippen LogP contribution is -2.41. The van der Waals surface area contributed by atoms with E-state index in [1.807, 2.05) is 4.90 Å². The number of rotatable bonds is 4. The molecule has 0 aromatic rings. The standard InChI is InChI=1S/C12H21BF3N2/c1-11(13(14,15)16)9-17-8-5-12(10-17)18-6-3-2-4-7-18/h12H,1-10H2/q-1. The Morgan fingerprint density at radius 3 is 2.39 bits per heavy atom. The van der Waals surface area contributed by atoms with Gasteiger partial charge >= 0.3 is 6.98 Å². The van der Waals surface area contributed by atoms with E-state index in [-0.39, 0.29) is 6.54 Å². The molecule has 2 aliphatic rings. The van der Waals surface area contributed by atoms with Gasteiger partial charge in [-0.25, -0.2) is 0 Å². The van der Waals surface area contributed by atoms with E-state index in [1.165, 1.54) is 19.3 Å². The van der Waals surface area contributed by atoms with Crippen molar-refractivity contribution in [3.63, 3.8) is 0 Å². The Kier molecular flexibility index (Phi) is 4.38. The van der Waals surface area contributed by atoms with E-state index in [2.05, 4.69) is 11.5 Å². The Morgan fingerprint density at radius 2 is 1.78 bits per heavy atom. The molecule has 2 fully saturated rings. The molecular formula is C12H21BF3N2-. The van der Waals surface area contributed by atoms with Gasteiger partial charge in [0, 0.05) is 12.6 Å². The zero-order valence-corrected chi connectivity index (χ0v) is 10.8. The summed E-state index contributed by atoms with van der Waals surface area (Å²) < 4.78 is 37.4. The van der Waals surface area contributed by atoms with Gasteiger partial charge in [-0.2, -0.15) is 0 Å². The lowest BCUT2D eigenvalue weighted by Gasteiger charge is -2.32. The Morgan fingerprint density at radius 1 is 1.11 bits per heavy atom. The summed E-state index contributed by atoms with van der Waals surface area (Å²) in [6.45, 7) is 2.06. The van der Waals surface area contributed by atoms with Crippen LogP contribution in [-0.2, 0) is 0 Å². The monoisotopic (exact) mass is 261 g/mol. The average molecular weight is 261 g/mol. The van der Waals surface area contributed by atoms with Crippen LogP contribution in [0.15, 0.2) is 12.1 Å². The highest BCUT2D eigenvalue weighted by molar-refractivity contribution is 6.66. The van der Waals surface area contributed by atoms with E-state index < -0.39 is 12.4 Å². The first kappa shape index (κ1) is 13.9. The maximum Gasteiger partial charge on any atom is 0.506 e. The van der Waals surface area contributed by atoms with E-state index in [4.69, 9.17) is 0 Å².